The molecule has 0 saturated heterocycles. The molecule has 1 fully saturated rings. The molecule has 0 bridgehead atoms. The van der Waals surface area contributed by atoms with E-state index in [1.165, 1.54) is 12.6 Å². The molecule has 2 atom stereocenters. The van der Waals surface area contributed by atoms with Crippen LogP contribution in [0.2, 0.25) is 0 Å². The highest BCUT2D eigenvalue weighted by Gasteiger charge is 2.37. The molecule has 1 N–H and O–H groups in total. The van der Waals surface area contributed by atoms with Gasteiger partial charge in [0.15, 0.2) is 0 Å². The summed E-state index contributed by atoms with van der Waals surface area (Å²) in [6.07, 6.45) is 5.62. The zero-order valence-electron chi connectivity index (χ0n) is 8.31. The van der Waals surface area contributed by atoms with E-state index in [1.54, 1.807) is 7.11 Å². The highest BCUT2D eigenvalue weighted by atomic mass is 16.5. The largest absolute Gasteiger partial charge is 0.506 e. The van der Waals surface area contributed by atoms with Crippen molar-refractivity contribution in [2.75, 3.05) is 13.7 Å². The van der Waals surface area contributed by atoms with Crippen molar-refractivity contribution in [3.05, 3.63) is 24.0 Å². The molecule has 1 saturated carbocycles. The average Bonchev–Trinajstić information content (AvgIpc) is 2.94. The molecular formula is C11H15NO2. The van der Waals surface area contributed by atoms with Crippen molar-refractivity contribution in [3.63, 3.8) is 0 Å². The van der Waals surface area contributed by atoms with Crippen molar-refractivity contribution < 1.29 is 9.84 Å². The van der Waals surface area contributed by atoms with Crippen LogP contribution in [-0.2, 0) is 4.74 Å². The number of aromatic nitrogens is 1. The maximum Gasteiger partial charge on any atom is 0.134 e. The summed E-state index contributed by atoms with van der Waals surface area (Å²) in [7, 11) is 1.73. The molecule has 0 radical (unpaired) electrons. The van der Waals surface area contributed by atoms with Gasteiger partial charge in [-0.05, 0) is 36.3 Å². The molecular weight excluding hydrogens is 178 g/mol. The summed E-state index contributed by atoms with van der Waals surface area (Å²) < 4.78 is 5.04. The van der Waals surface area contributed by atoms with Gasteiger partial charge in [0.05, 0.1) is 6.20 Å². The third kappa shape index (κ3) is 2.04. The number of nitrogens with zero attached hydrogens (tertiary/aromatic N) is 1. The lowest BCUT2D eigenvalue weighted by molar-refractivity contribution is 0.189. The van der Waals surface area contributed by atoms with Crippen molar-refractivity contribution in [3.8, 4) is 5.75 Å². The second-order valence-corrected chi connectivity index (χ2v) is 3.86. The van der Waals surface area contributed by atoms with E-state index >= 15 is 0 Å². The van der Waals surface area contributed by atoms with Gasteiger partial charge in [-0.2, -0.15) is 0 Å². The summed E-state index contributed by atoms with van der Waals surface area (Å²) in [4.78, 5) is 3.98. The first-order valence-corrected chi connectivity index (χ1v) is 4.94. The molecule has 1 aliphatic rings. The number of hydrogen-bond donors (Lipinski definition) is 1. The quantitative estimate of drug-likeness (QED) is 0.794. The van der Waals surface area contributed by atoms with Gasteiger partial charge in [0.25, 0.3) is 0 Å². The molecule has 0 aliphatic heterocycles. The Balaban J connectivity index is 1.92. The minimum Gasteiger partial charge on any atom is -0.506 e. The lowest BCUT2D eigenvalue weighted by atomic mass is 10.1. The van der Waals surface area contributed by atoms with Gasteiger partial charge in [-0.25, -0.2) is 0 Å². The van der Waals surface area contributed by atoms with E-state index in [1.807, 2.05) is 12.3 Å². The van der Waals surface area contributed by atoms with Crippen molar-refractivity contribution in [2.45, 2.75) is 18.8 Å². The highest BCUT2D eigenvalue weighted by molar-refractivity contribution is 5.29. The predicted molar refractivity (Wildman–Crippen MR) is 53.2 cm³/mol. The van der Waals surface area contributed by atoms with E-state index in [2.05, 4.69) is 4.98 Å². The predicted octanol–water partition coefficient (Wildman–Crippen LogP) is 1.93. The number of methoxy groups -OCH3 is 1. The van der Waals surface area contributed by atoms with Crippen LogP contribution in [0.25, 0.3) is 0 Å². The first-order chi connectivity index (χ1) is 6.81. The number of rotatable bonds is 4. The Bertz CT molecular complexity index is 314. The summed E-state index contributed by atoms with van der Waals surface area (Å²) in [5.41, 5.74) is 1.16. The van der Waals surface area contributed by atoms with Crippen LogP contribution in [0.1, 0.15) is 24.3 Å². The highest BCUT2D eigenvalue weighted by Crippen LogP contribution is 2.49. The first-order valence-electron chi connectivity index (χ1n) is 4.94. The van der Waals surface area contributed by atoms with E-state index in [0.717, 1.165) is 24.5 Å². The van der Waals surface area contributed by atoms with Gasteiger partial charge >= 0.3 is 0 Å². The van der Waals surface area contributed by atoms with Crippen molar-refractivity contribution in [1.82, 2.24) is 4.98 Å². The van der Waals surface area contributed by atoms with Gasteiger partial charge < -0.3 is 9.84 Å². The molecule has 1 aliphatic carbocycles. The number of aromatic hydroxyl groups is 1. The molecule has 3 nitrogen and oxygen atoms in total. The fourth-order valence-electron chi connectivity index (χ4n) is 1.89. The molecule has 3 heteroatoms. The Morgan fingerprint density at radius 3 is 3.14 bits per heavy atom. The molecule has 76 valence electrons. The zero-order chi connectivity index (χ0) is 9.97. The number of ether oxygens (including phenoxy) is 1. The van der Waals surface area contributed by atoms with Crippen LogP contribution in [0, 0.1) is 5.92 Å². The van der Waals surface area contributed by atoms with Crippen LogP contribution in [0.3, 0.4) is 0 Å². The Hall–Kier alpha value is -1.09. The van der Waals surface area contributed by atoms with E-state index in [9.17, 15) is 5.11 Å². The lowest BCUT2D eigenvalue weighted by Gasteiger charge is -2.00. The molecule has 0 amide bonds. The second-order valence-electron chi connectivity index (χ2n) is 3.86. The molecule has 1 aromatic rings. The smallest absolute Gasteiger partial charge is 0.134 e. The minimum atomic E-state index is 0.264. The van der Waals surface area contributed by atoms with Gasteiger partial charge in [-0.3, -0.25) is 4.98 Å². The number of pyridine rings is 1. The van der Waals surface area contributed by atoms with Crippen LogP contribution < -0.4 is 0 Å². The lowest BCUT2D eigenvalue weighted by Crippen LogP contribution is -1.91. The van der Waals surface area contributed by atoms with Gasteiger partial charge in [-0.1, -0.05) is 0 Å². The zero-order valence-corrected chi connectivity index (χ0v) is 8.31. The van der Waals surface area contributed by atoms with E-state index in [0.29, 0.717) is 5.92 Å². The van der Waals surface area contributed by atoms with Crippen LogP contribution in [0.4, 0.5) is 0 Å². The van der Waals surface area contributed by atoms with Crippen LogP contribution >= 0.6 is 0 Å². The summed E-state index contributed by atoms with van der Waals surface area (Å²) in [6, 6.07) is 1.81. The monoisotopic (exact) mass is 193 g/mol. The summed E-state index contributed by atoms with van der Waals surface area (Å²) in [6.45, 7) is 0.827. The summed E-state index contributed by atoms with van der Waals surface area (Å²) in [5.74, 6) is 1.57. The summed E-state index contributed by atoms with van der Waals surface area (Å²) >= 11 is 0. The van der Waals surface area contributed by atoms with E-state index in [4.69, 9.17) is 4.74 Å². The first kappa shape index (κ1) is 9.46. The standard InChI is InChI=1S/C11H15NO2/c1-14-3-2-8-5-11(8)9-4-10(13)7-12-6-9/h4,6-8,11,13H,2-3,5H2,1H3. The third-order valence-electron chi connectivity index (χ3n) is 2.79. The Labute approximate surface area is 83.7 Å². The third-order valence-corrected chi connectivity index (χ3v) is 2.79. The van der Waals surface area contributed by atoms with Gasteiger partial charge in [0, 0.05) is 19.9 Å². The van der Waals surface area contributed by atoms with Gasteiger partial charge in [0.1, 0.15) is 5.75 Å². The average molecular weight is 193 g/mol. The Kier molecular flexibility index (Phi) is 2.68. The van der Waals surface area contributed by atoms with Crippen molar-refractivity contribution in [2.24, 2.45) is 5.92 Å². The second kappa shape index (κ2) is 3.96. The molecule has 0 aromatic carbocycles. The van der Waals surface area contributed by atoms with E-state index < -0.39 is 0 Å². The maximum atomic E-state index is 9.26. The molecule has 14 heavy (non-hydrogen) atoms. The molecule has 0 spiro atoms. The Morgan fingerprint density at radius 1 is 1.57 bits per heavy atom. The maximum absolute atomic E-state index is 9.26. The van der Waals surface area contributed by atoms with Gasteiger partial charge in [0.2, 0.25) is 0 Å². The minimum absolute atomic E-state index is 0.264. The Morgan fingerprint density at radius 2 is 2.43 bits per heavy atom. The van der Waals surface area contributed by atoms with Crippen molar-refractivity contribution >= 4 is 0 Å². The summed E-state index contributed by atoms with van der Waals surface area (Å²) in [5, 5.41) is 9.26. The van der Waals surface area contributed by atoms with Crippen molar-refractivity contribution in [1.29, 1.82) is 0 Å². The van der Waals surface area contributed by atoms with Gasteiger partial charge in [-0.15, -0.1) is 0 Å². The SMILES string of the molecule is COCCC1CC1c1cncc(O)c1. The van der Waals surface area contributed by atoms with Crippen LogP contribution in [-0.4, -0.2) is 23.8 Å². The van der Waals surface area contributed by atoms with Crippen LogP contribution in [0.5, 0.6) is 5.75 Å². The normalized spacial score (nSPS) is 24.9. The molecule has 2 rings (SSSR count). The topological polar surface area (TPSA) is 42.4 Å². The molecule has 1 aromatic heterocycles. The fourth-order valence-corrected chi connectivity index (χ4v) is 1.89. The van der Waals surface area contributed by atoms with Crippen LogP contribution in [0.15, 0.2) is 18.5 Å². The number of hydrogen-bond acceptors (Lipinski definition) is 3. The van der Waals surface area contributed by atoms with E-state index in [-0.39, 0.29) is 5.75 Å². The fraction of sp³-hybridized carbons (Fsp3) is 0.545. The molecule has 1 heterocycles. The molecule has 2 unspecified atom stereocenters.